The fourth-order valence-electron chi connectivity index (χ4n) is 13.0. The van der Waals surface area contributed by atoms with E-state index in [9.17, 15) is 40.5 Å². The number of allylic oxidation sites excluding steroid dienone is 10. The van der Waals surface area contributed by atoms with Crippen molar-refractivity contribution in [2.75, 3.05) is 13.2 Å². The first-order chi connectivity index (χ1) is 46.2. The Hall–Kier alpha value is -2.19. The van der Waals surface area contributed by atoms with E-state index in [4.69, 9.17) is 9.47 Å². The Balaban J connectivity index is 2.16. The maximum absolute atomic E-state index is 13.3. The molecule has 11 heteroatoms. The zero-order valence-corrected chi connectivity index (χ0v) is 61.5. The molecule has 8 N–H and O–H groups in total. The van der Waals surface area contributed by atoms with Crippen LogP contribution in [0.15, 0.2) is 60.8 Å². The lowest BCUT2D eigenvalue weighted by Crippen LogP contribution is -2.60. The molecule has 0 aromatic heterocycles. The van der Waals surface area contributed by atoms with Gasteiger partial charge in [-0.25, -0.2) is 0 Å². The second-order valence-corrected chi connectivity index (χ2v) is 28.5. The summed E-state index contributed by atoms with van der Waals surface area (Å²) in [6.45, 7) is 3.50. The van der Waals surface area contributed by atoms with E-state index < -0.39 is 74.2 Å². The molecule has 0 aromatic rings. The highest BCUT2D eigenvalue weighted by molar-refractivity contribution is 5.80. The molecule has 0 aromatic carbocycles. The number of carbonyl (C=O) groups excluding carboxylic acids is 1. The summed E-state index contributed by atoms with van der Waals surface area (Å²) < 4.78 is 11.2. The van der Waals surface area contributed by atoms with Crippen LogP contribution in [0.5, 0.6) is 0 Å². The fraction of sp³-hybridized carbons (Fsp3) is 0.867. The zero-order chi connectivity index (χ0) is 68.1. The van der Waals surface area contributed by atoms with Crippen molar-refractivity contribution in [3.63, 3.8) is 0 Å². The van der Waals surface area contributed by atoms with Crippen LogP contribution in [0.3, 0.4) is 0 Å². The molecule has 94 heavy (non-hydrogen) atoms. The van der Waals surface area contributed by atoms with E-state index in [1.807, 2.05) is 0 Å². The first-order valence-corrected chi connectivity index (χ1v) is 40.7. The molecule has 9 atom stereocenters. The quantitative estimate of drug-likeness (QED) is 0.0215. The molecule has 0 bridgehead atoms. The monoisotopic (exact) mass is 1330 g/mol. The largest absolute Gasteiger partial charge is 0.394 e. The number of aliphatic hydroxyl groups is 7. The third kappa shape index (κ3) is 56.7. The van der Waals surface area contributed by atoms with Gasteiger partial charge in [0.25, 0.3) is 0 Å². The number of amides is 1. The highest BCUT2D eigenvalue weighted by Gasteiger charge is 2.44. The summed E-state index contributed by atoms with van der Waals surface area (Å²) in [4.78, 5) is 13.3. The smallest absolute Gasteiger partial charge is 0.249 e. The van der Waals surface area contributed by atoms with Gasteiger partial charge in [-0.2, -0.15) is 0 Å². The molecule has 1 aliphatic rings. The van der Waals surface area contributed by atoms with Gasteiger partial charge in [-0.3, -0.25) is 4.79 Å². The number of hydrogen-bond acceptors (Lipinski definition) is 10. The van der Waals surface area contributed by atoms with Gasteiger partial charge in [0.2, 0.25) is 5.91 Å². The van der Waals surface area contributed by atoms with Crippen LogP contribution in [0, 0.1) is 0 Å². The Morgan fingerprint density at radius 3 is 1.01 bits per heavy atom. The Morgan fingerprint density at radius 2 is 0.670 bits per heavy atom. The molecule has 0 radical (unpaired) electrons. The summed E-state index contributed by atoms with van der Waals surface area (Å²) in [5.41, 5.74) is 0. The second kappa shape index (κ2) is 70.7. The van der Waals surface area contributed by atoms with Gasteiger partial charge >= 0.3 is 0 Å². The van der Waals surface area contributed by atoms with Crippen molar-refractivity contribution in [3.8, 4) is 0 Å². The number of hydrogen-bond donors (Lipinski definition) is 8. The minimum atomic E-state index is -1.68. The van der Waals surface area contributed by atoms with Gasteiger partial charge in [-0.05, 0) is 96.3 Å². The van der Waals surface area contributed by atoms with Gasteiger partial charge in [-0.1, -0.05) is 357 Å². The van der Waals surface area contributed by atoms with Gasteiger partial charge in [-0.15, -0.1) is 0 Å². The second-order valence-electron chi connectivity index (χ2n) is 28.5. The number of rotatable bonds is 72. The fourth-order valence-corrected chi connectivity index (χ4v) is 13.0. The summed E-state index contributed by atoms with van der Waals surface area (Å²) in [5, 5.41) is 76.7. The standard InChI is InChI=1S/C83H155NO10/c1-3-5-7-9-11-13-15-17-19-21-23-25-27-29-31-33-34-35-36-37-38-39-40-41-43-45-47-49-51-53-55-57-59-61-63-65-67-69-71-76(87)82(92)84-74(73-93-83-81(91)80(90)79(89)77(72-85)94-83)78(88)75(86)70-68-66-64-62-60-58-56-54-52-50-48-46-44-42-32-30-28-26-24-22-20-18-16-14-12-10-8-6-4-2/h34-35,37-38,46,48,54,56,62,64,74-81,83,85-91H,3-33,36,39-45,47,49-53,55,57-61,63,65-73H2,1-2H3,(H,84,92)/b35-34-,38-37-,48-46+,56-54+,64-62+. The van der Waals surface area contributed by atoms with Gasteiger partial charge in [0.05, 0.1) is 25.4 Å². The van der Waals surface area contributed by atoms with E-state index in [2.05, 4.69) is 79.9 Å². The third-order valence-corrected chi connectivity index (χ3v) is 19.5. The van der Waals surface area contributed by atoms with E-state index in [1.54, 1.807) is 0 Å². The van der Waals surface area contributed by atoms with E-state index in [0.29, 0.717) is 19.3 Å². The minimum absolute atomic E-state index is 0.241. The SMILES string of the molecule is CCCCCCCCCCCCCCCCC/C=C\C/C=C\CCCCCCCCCCCCCCCCCCC(O)C(=O)NC(COC1OC(CO)C(O)C(O)C1O)C(O)C(O)CCC/C=C/CC/C=C/CC/C=C/CCCCCCCCCCCCCCCCCC. The molecular formula is C83H155NO10. The topological polar surface area (TPSA) is 189 Å². The number of unbranched alkanes of at least 4 members (excludes halogenated alkanes) is 50. The molecular weight excluding hydrogens is 1170 g/mol. The van der Waals surface area contributed by atoms with Crippen molar-refractivity contribution >= 4 is 5.91 Å². The summed E-state index contributed by atoms with van der Waals surface area (Å²) in [7, 11) is 0. The number of nitrogens with one attached hydrogen (secondary N) is 1. The van der Waals surface area contributed by atoms with Crippen LogP contribution in [-0.4, -0.2) is 110 Å². The molecule has 552 valence electrons. The molecule has 0 spiro atoms. The van der Waals surface area contributed by atoms with Gasteiger partial charge in [0.15, 0.2) is 6.29 Å². The Kier molecular flexibility index (Phi) is 67.5. The lowest BCUT2D eigenvalue weighted by Gasteiger charge is -2.40. The molecule has 1 amide bonds. The highest BCUT2D eigenvalue weighted by Crippen LogP contribution is 2.24. The summed E-state index contributed by atoms with van der Waals surface area (Å²) in [6, 6.07) is -1.20. The van der Waals surface area contributed by atoms with Crippen molar-refractivity contribution in [3.05, 3.63) is 60.8 Å². The third-order valence-electron chi connectivity index (χ3n) is 19.5. The van der Waals surface area contributed by atoms with Crippen LogP contribution in [0.4, 0.5) is 0 Å². The first kappa shape index (κ1) is 89.8. The van der Waals surface area contributed by atoms with E-state index in [0.717, 1.165) is 51.4 Å². The van der Waals surface area contributed by atoms with Gasteiger partial charge < -0.3 is 50.5 Å². The summed E-state index contributed by atoms with van der Waals surface area (Å²) in [6.07, 6.45) is 84.9. The van der Waals surface area contributed by atoms with Crippen molar-refractivity contribution in [1.82, 2.24) is 5.32 Å². The molecule has 9 unspecified atom stereocenters. The van der Waals surface area contributed by atoms with Crippen molar-refractivity contribution in [2.45, 2.75) is 448 Å². The zero-order valence-electron chi connectivity index (χ0n) is 61.5. The normalized spacial score (nSPS) is 18.5. The van der Waals surface area contributed by atoms with Crippen LogP contribution in [0.1, 0.15) is 393 Å². The molecule has 11 nitrogen and oxygen atoms in total. The predicted molar refractivity (Wildman–Crippen MR) is 399 cm³/mol. The van der Waals surface area contributed by atoms with Crippen molar-refractivity contribution < 1.29 is 50.0 Å². The van der Waals surface area contributed by atoms with Crippen LogP contribution in [0.2, 0.25) is 0 Å². The summed E-state index contributed by atoms with van der Waals surface area (Å²) >= 11 is 0. The Bertz CT molecular complexity index is 1720. The number of ether oxygens (including phenoxy) is 2. The maximum atomic E-state index is 13.3. The molecule has 1 fully saturated rings. The van der Waals surface area contributed by atoms with Crippen molar-refractivity contribution in [1.29, 1.82) is 0 Å². The predicted octanol–water partition coefficient (Wildman–Crippen LogP) is 21.2. The van der Waals surface area contributed by atoms with E-state index in [1.165, 1.54) is 295 Å². The molecule has 0 saturated carbocycles. The van der Waals surface area contributed by atoms with Crippen LogP contribution < -0.4 is 5.32 Å². The average Bonchev–Trinajstić information content (AvgIpc) is 0.844. The molecule has 1 aliphatic heterocycles. The number of aliphatic hydroxyl groups excluding tert-OH is 7. The van der Waals surface area contributed by atoms with Crippen LogP contribution in [0.25, 0.3) is 0 Å². The average molecular weight is 1330 g/mol. The maximum Gasteiger partial charge on any atom is 0.249 e. The molecule has 1 heterocycles. The Morgan fingerprint density at radius 1 is 0.372 bits per heavy atom. The highest BCUT2D eigenvalue weighted by atomic mass is 16.7. The Labute approximate surface area is 580 Å². The lowest BCUT2D eigenvalue weighted by atomic mass is 9.98. The van der Waals surface area contributed by atoms with Crippen LogP contribution in [-0.2, 0) is 14.3 Å². The van der Waals surface area contributed by atoms with E-state index >= 15 is 0 Å². The summed E-state index contributed by atoms with van der Waals surface area (Å²) in [5.74, 6) is -0.708. The molecule has 1 rings (SSSR count). The lowest BCUT2D eigenvalue weighted by molar-refractivity contribution is -0.303. The molecule has 1 saturated heterocycles. The van der Waals surface area contributed by atoms with Gasteiger partial charge in [0.1, 0.15) is 36.6 Å². The minimum Gasteiger partial charge on any atom is -0.394 e. The number of carbonyl (C=O) groups is 1. The first-order valence-electron chi connectivity index (χ1n) is 40.7. The van der Waals surface area contributed by atoms with E-state index in [-0.39, 0.29) is 12.8 Å². The van der Waals surface area contributed by atoms with Crippen molar-refractivity contribution in [2.24, 2.45) is 0 Å². The van der Waals surface area contributed by atoms with Gasteiger partial charge in [0, 0.05) is 0 Å². The molecule has 0 aliphatic carbocycles. The van der Waals surface area contributed by atoms with Crippen LogP contribution >= 0.6 is 0 Å².